The Morgan fingerprint density at radius 1 is 0.900 bits per heavy atom. The zero-order valence-electron chi connectivity index (χ0n) is 17.2. The second kappa shape index (κ2) is 8.75. The molecule has 0 aliphatic carbocycles. The summed E-state index contributed by atoms with van der Waals surface area (Å²) < 4.78 is 0. The summed E-state index contributed by atoms with van der Waals surface area (Å²) in [6.45, 7) is 6.66. The van der Waals surface area contributed by atoms with Gasteiger partial charge in [0.1, 0.15) is 5.69 Å². The predicted molar refractivity (Wildman–Crippen MR) is 116 cm³/mol. The first-order chi connectivity index (χ1) is 14.6. The Morgan fingerprint density at radius 2 is 1.67 bits per heavy atom. The summed E-state index contributed by atoms with van der Waals surface area (Å²) in [4.78, 5) is 30.3. The molecule has 2 aromatic heterocycles. The number of pyridine rings is 1. The molecule has 1 saturated heterocycles. The highest BCUT2D eigenvalue weighted by atomic mass is 16.2. The van der Waals surface area contributed by atoms with Gasteiger partial charge in [-0.25, -0.2) is 15.0 Å². The molecule has 30 heavy (non-hydrogen) atoms. The highest BCUT2D eigenvalue weighted by molar-refractivity contribution is 5.94. The number of piperazine rings is 1. The second-order valence-electron chi connectivity index (χ2n) is 7.28. The van der Waals surface area contributed by atoms with Crippen LogP contribution in [-0.4, -0.2) is 51.9 Å². The molecular weight excluding hydrogens is 374 g/mol. The number of carbonyl (C=O) groups is 1. The summed E-state index contributed by atoms with van der Waals surface area (Å²) in [6, 6.07) is 15.0. The van der Waals surface area contributed by atoms with E-state index in [0.29, 0.717) is 37.4 Å². The number of rotatable bonds is 2. The third-order valence-electron chi connectivity index (χ3n) is 4.93. The van der Waals surface area contributed by atoms with Crippen LogP contribution in [-0.2, 0) is 0 Å². The first-order valence-electron chi connectivity index (χ1n) is 9.98. The molecule has 1 fully saturated rings. The molecule has 1 aliphatic rings. The van der Waals surface area contributed by atoms with Crippen LogP contribution in [0.4, 0.5) is 5.95 Å². The number of hydrogen-bond acceptors (Lipinski definition) is 5. The van der Waals surface area contributed by atoms with Crippen LogP contribution in [0.1, 0.15) is 33.0 Å². The van der Waals surface area contributed by atoms with Gasteiger partial charge in [0.25, 0.3) is 5.91 Å². The quantitative estimate of drug-likeness (QED) is 0.623. The van der Waals surface area contributed by atoms with Crippen LogP contribution in [0, 0.1) is 25.7 Å². The van der Waals surface area contributed by atoms with Crippen molar-refractivity contribution in [1.82, 2.24) is 19.9 Å². The van der Waals surface area contributed by atoms with Crippen molar-refractivity contribution in [3.8, 4) is 11.8 Å². The van der Waals surface area contributed by atoms with Crippen LogP contribution in [0.2, 0.25) is 0 Å². The maximum atomic E-state index is 13.0. The molecule has 1 aliphatic heterocycles. The van der Waals surface area contributed by atoms with Crippen LogP contribution in [0.5, 0.6) is 0 Å². The summed E-state index contributed by atoms with van der Waals surface area (Å²) in [5, 5.41) is 0. The molecule has 6 nitrogen and oxygen atoms in total. The molecular formula is C24H23N5O. The zero-order chi connectivity index (χ0) is 20.9. The first kappa shape index (κ1) is 19.6. The van der Waals surface area contributed by atoms with Crippen molar-refractivity contribution in [3.05, 3.63) is 82.9 Å². The molecule has 1 amide bonds. The van der Waals surface area contributed by atoms with E-state index in [2.05, 4.69) is 31.7 Å². The molecule has 150 valence electrons. The maximum absolute atomic E-state index is 13.0. The van der Waals surface area contributed by atoms with Crippen molar-refractivity contribution in [2.24, 2.45) is 0 Å². The molecule has 6 heteroatoms. The summed E-state index contributed by atoms with van der Waals surface area (Å²) in [6.07, 6.45) is 1.71. The third-order valence-corrected chi connectivity index (χ3v) is 4.93. The normalized spacial score (nSPS) is 13.5. The minimum atomic E-state index is 0.0254. The number of aryl methyl sites for hydroxylation is 2. The Bertz CT molecular complexity index is 1090. The minimum absolute atomic E-state index is 0.0254. The van der Waals surface area contributed by atoms with Crippen LogP contribution >= 0.6 is 0 Å². The number of anilines is 1. The van der Waals surface area contributed by atoms with Crippen molar-refractivity contribution < 1.29 is 4.79 Å². The van der Waals surface area contributed by atoms with E-state index in [-0.39, 0.29) is 5.91 Å². The van der Waals surface area contributed by atoms with Crippen LogP contribution in [0.25, 0.3) is 0 Å². The van der Waals surface area contributed by atoms with Gasteiger partial charge < -0.3 is 9.80 Å². The Labute approximate surface area is 176 Å². The van der Waals surface area contributed by atoms with Crippen LogP contribution < -0.4 is 4.90 Å². The van der Waals surface area contributed by atoms with Gasteiger partial charge in [-0.05, 0) is 56.2 Å². The highest BCUT2D eigenvalue weighted by Crippen LogP contribution is 2.15. The lowest BCUT2D eigenvalue weighted by Crippen LogP contribution is -2.49. The number of benzene rings is 1. The average Bonchev–Trinajstić information content (AvgIpc) is 2.77. The maximum Gasteiger partial charge on any atom is 0.254 e. The topological polar surface area (TPSA) is 62.2 Å². The first-order valence-corrected chi connectivity index (χ1v) is 9.98. The lowest BCUT2D eigenvalue weighted by Gasteiger charge is -2.35. The van der Waals surface area contributed by atoms with Gasteiger partial charge in [0.2, 0.25) is 5.95 Å². The number of amides is 1. The lowest BCUT2D eigenvalue weighted by atomic mass is 10.1. The summed E-state index contributed by atoms with van der Waals surface area (Å²) >= 11 is 0. The van der Waals surface area contributed by atoms with E-state index in [0.717, 1.165) is 22.9 Å². The molecule has 3 aromatic rings. The fourth-order valence-electron chi connectivity index (χ4n) is 3.44. The molecule has 4 rings (SSSR count). The molecule has 0 bridgehead atoms. The van der Waals surface area contributed by atoms with E-state index in [1.54, 1.807) is 6.20 Å². The zero-order valence-corrected chi connectivity index (χ0v) is 17.2. The van der Waals surface area contributed by atoms with Crippen molar-refractivity contribution in [1.29, 1.82) is 0 Å². The van der Waals surface area contributed by atoms with Crippen LogP contribution in [0.15, 0.2) is 54.7 Å². The van der Waals surface area contributed by atoms with Gasteiger partial charge >= 0.3 is 0 Å². The molecule has 0 atom stereocenters. The minimum Gasteiger partial charge on any atom is -0.337 e. The molecule has 1 aromatic carbocycles. The van der Waals surface area contributed by atoms with Gasteiger partial charge in [0, 0.05) is 54.9 Å². The molecule has 0 N–H and O–H groups in total. The second-order valence-corrected chi connectivity index (χ2v) is 7.28. The van der Waals surface area contributed by atoms with Gasteiger partial charge in [0.05, 0.1) is 0 Å². The van der Waals surface area contributed by atoms with Crippen LogP contribution in [0.3, 0.4) is 0 Å². The van der Waals surface area contributed by atoms with E-state index in [1.165, 1.54) is 0 Å². The Morgan fingerprint density at radius 3 is 2.37 bits per heavy atom. The fourth-order valence-corrected chi connectivity index (χ4v) is 3.44. The Kier molecular flexibility index (Phi) is 5.71. The van der Waals surface area contributed by atoms with E-state index in [4.69, 9.17) is 0 Å². The Hall–Kier alpha value is -3.72. The van der Waals surface area contributed by atoms with E-state index in [9.17, 15) is 4.79 Å². The largest absolute Gasteiger partial charge is 0.337 e. The highest BCUT2D eigenvalue weighted by Gasteiger charge is 2.23. The van der Waals surface area contributed by atoms with E-state index in [1.807, 2.05) is 67.3 Å². The van der Waals surface area contributed by atoms with Crippen molar-refractivity contribution in [2.45, 2.75) is 13.8 Å². The third kappa shape index (κ3) is 4.64. The number of carbonyl (C=O) groups excluding carboxylic acids is 1. The van der Waals surface area contributed by atoms with E-state index < -0.39 is 0 Å². The molecule has 3 heterocycles. The monoisotopic (exact) mass is 397 g/mol. The molecule has 0 radical (unpaired) electrons. The van der Waals surface area contributed by atoms with Gasteiger partial charge in [-0.1, -0.05) is 18.1 Å². The van der Waals surface area contributed by atoms with Gasteiger partial charge in [-0.3, -0.25) is 4.79 Å². The summed E-state index contributed by atoms with van der Waals surface area (Å²) in [7, 11) is 0. The molecule has 0 unspecified atom stereocenters. The molecule has 0 spiro atoms. The van der Waals surface area contributed by atoms with Crippen molar-refractivity contribution in [3.63, 3.8) is 0 Å². The predicted octanol–water partition coefficient (Wildman–Crippen LogP) is 2.85. The Balaban J connectivity index is 1.43. The number of hydrogen-bond donors (Lipinski definition) is 0. The SMILES string of the molecule is Cc1cc(C)nc(N2CCN(C(=O)c3cccc(C#Cc4ccccn4)c3)CC2)n1. The van der Waals surface area contributed by atoms with Crippen molar-refractivity contribution in [2.75, 3.05) is 31.1 Å². The lowest BCUT2D eigenvalue weighted by molar-refractivity contribution is 0.0746. The standard InChI is InChI=1S/C24H23N5O/c1-18-16-19(2)27-24(26-18)29-14-12-28(13-15-29)23(30)21-7-5-6-20(17-21)9-10-22-8-3-4-11-25-22/h3-8,11,16-17H,12-15H2,1-2H3. The average molecular weight is 397 g/mol. The number of aromatic nitrogens is 3. The fraction of sp³-hybridized carbons (Fsp3) is 0.250. The summed E-state index contributed by atoms with van der Waals surface area (Å²) in [5.74, 6) is 6.89. The van der Waals surface area contributed by atoms with E-state index >= 15 is 0 Å². The smallest absolute Gasteiger partial charge is 0.254 e. The van der Waals surface area contributed by atoms with Gasteiger partial charge in [-0.2, -0.15) is 0 Å². The van der Waals surface area contributed by atoms with Gasteiger partial charge in [-0.15, -0.1) is 0 Å². The number of nitrogens with zero attached hydrogens (tertiary/aromatic N) is 5. The summed E-state index contributed by atoms with van der Waals surface area (Å²) in [5.41, 5.74) is 4.07. The molecule has 0 saturated carbocycles. The van der Waals surface area contributed by atoms with Crippen molar-refractivity contribution >= 4 is 11.9 Å². The van der Waals surface area contributed by atoms with Gasteiger partial charge in [0.15, 0.2) is 0 Å².